The van der Waals surface area contributed by atoms with Gasteiger partial charge in [0.1, 0.15) is 5.75 Å². The van der Waals surface area contributed by atoms with Crippen LogP contribution in [0.4, 0.5) is 5.69 Å². The van der Waals surface area contributed by atoms with Crippen LogP contribution in [0.3, 0.4) is 0 Å². The maximum atomic E-state index is 5.21. The fourth-order valence-corrected chi connectivity index (χ4v) is 2.20. The van der Waals surface area contributed by atoms with Gasteiger partial charge in [0.25, 0.3) is 0 Å². The molecule has 0 heterocycles. The molecule has 0 radical (unpaired) electrons. The molecule has 0 fully saturated rings. The number of benzene rings is 2. The molecule has 0 saturated carbocycles. The molecule has 0 aliphatic carbocycles. The minimum absolute atomic E-state index is 0.802. The van der Waals surface area contributed by atoms with Crippen molar-refractivity contribution < 1.29 is 4.74 Å². The van der Waals surface area contributed by atoms with Gasteiger partial charge in [-0.15, -0.1) is 0 Å². The molecule has 0 bridgehead atoms. The lowest BCUT2D eigenvalue weighted by molar-refractivity contribution is 0.414. The molecule has 0 amide bonds. The first-order chi connectivity index (χ1) is 8.69. The highest BCUT2D eigenvalue weighted by molar-refractivity contribution is 14.1. The number of aryl methyl sites for hydroxylation is 1. The molecular weight excluding hydrogens is 337 g/mol. The molecule has 94 valence electrons. The van der Waals surface area contributed by atoms with Gasteiger partial charge in [-0.3, -0.25) is 0 Å². The Morgan fingerprint density at radius 3 is 2.72 bits per heavy atom. The monoisotopic (exact) mass is 353 g/mol. The fourth-order valence-electron chi connectivity index (χ4n) is 1.69. The van der Waals surface area contributed by atoms with Crippen LogP contribution in [0.5, 0.6) is 5.75 Å². The first-order valence-corrected chi connectivity index (χ1v) is 6.90. The lowest BCUT2D eigenvalue weighted by Crippen LogP contribution is -2.00. The Hall–Kier alpha value is -1.23. The van der Waals surface area contributed by atoms with Crippen molar-refractivity contribution in [3.63, 3.8) is 0 Å². The zero-order chi connectivity index (χ0) is 13.0. The van der Waals surface area contributed by atoms with Gasteiger partial charge < -0.3 is 10.1 Å². The Morgan fingerprint density at radius 1 is 1.17 bits per heavy atom. The Morgan fingerprint density at radius 2 is 2.00 bits per heavy atom. The zero-order valence-electron chi connectivity index (χ0n) is 10.5. The van der Waals surface area contributed by atoms with Gasteiger partial charge in [0, 0.05) is 15.8 Å². The van der Waals surface area contributed by atoms with Gasteiger partial charge in [-0.25, -0.2) is 0 Å². The predicted octanol–water partition coefficient (Wildman–Crippen LogP) is 4.22. The molecule has 0 aromatic heterocycles. The maximum absolute atomic E-state index is 5.21. The summed E-state index contributed by atoms with van der Waals surface area (Å²) in [5.41, 5.74) is 3.67. The number of ether oxygens (including phenoxy) is 1. The van der Waals surface area contributed by atoms with Gasteiger partial charge in [-0.05, 0) is 64.9 Å². The predicted molar refractivity (Wildman–Crippen MR) is 84.2 cm³/mol. The van der Waals surface area contributed by atoms with Gasteiger partial charge in [-0.2, -0.15) is 0 Å². The van der Waals surface area contributed by atoms with E-state index in [1.165, 1.54) is 14.7 Å². The second kappa shape index (κ2) is 6.09. The van der Waals surface area contributed by atoms with E-state index in [2.05, 4.69) is 59.1 Å². The van der Waals surface area contributed by atoms with Gasteiger partial charge >= 0.3 is 0 Å². The van der Waals surface area contributed by atoms with Gasteiger partial charge in [0.2, 0.25) is 0 Å². The topological polar surface area (TPSA) is 21.3 Å². The van der Waals surface area contributed by atoms with E-state index in [0.29, 0.717) is 0 Å². The smallest absolute Gasteiger partial charge is 0.119 e. The van der Waals surface area contributed by atoms with Crippen molar-refractivity contribution in [2.75, 3.05) is 12.4 Å². The molecule has 2 rings (SSSR count). The third kappa shape index (κ3) is 3.38. The molecule has 0 aliphatic rings. The first-order valence-electron chi connectivity index (χ1n) is 5.82. The van der Waals surface area contributed by atoms with Crippen LogP contribution in [0.25, 0.3) is 0 Å². The number of halogens is 1. The van der Waals surface area contributed by atoms with Gasteiger partial charge in [0.15, 0.2) is 0 Å². The second-order valence-corrected chi connectivity index (χ2v) is 5.33. The van der Waals surface area contributed by atoms with E-state index in [4.69, 9.17) is 4.74 Å². The van der Waals surface area contributed by atoms with Gasteiger partial charge in [0.05, 0.1) is 7.11 Å². The van der Waals surface area contributed by atoms with E-state index in [1.54, 1.807) is 7.11 Å². The van der Waals surface area contributed by atoms with Crippen LogP contribution in [-0.4, -0.2) is 7.11 Å². The molecular formula is C15H16INO. The van der Waals surface area contributed by atoms with E-state index >= 15 is 0 Å². The number of methoxy groups -OCH3 is 1. The molecule has 18 heavy (non-hydrogen) atoms. The number of nitrogens with one attached hydrogen (secondary N) is 1. The van der Waals surface area contributed by atoms with E-state index in [0.717, 1.165) is 18.0 Å². The van der Waals surface area contributed by atoms with E-state index in [9.17, 15) is 0 Å². The molecule has 0 spiro atoms. The molecule has 0 aliphatic heterocycles. The van der Waals surface area contributed by atoms with Crippen molar-refractivity contribution in [1.29, 1.82) is 0 Å². The molecule has 2 aromatic carbocycles. The highest BCUT2D eigenvalue weighted by Crippen LogP contribution is 2.18. The molecule has 1 N–H and O–H groups in total. The Bertz CT molecular complexity index is 540. The standard InChI is InChI=1S/C15H16INO/c1-11-6-7-13(9-15(11)16)17-10-12-4-3-5-14(8-12)18-2/h3-9,17H,10H2,1-2H3. The summed E-state index contributed by atoms with van der Waals surface area (Å²) in [7, 11) is 1.69. The van der Waals surface area contributed by atoms with Crippen LogP contribution in [-0.2, 0) is 6.54 Å². The van der Waals surface area contributed by atoms with Crippen molar-refractivity contribution in [2.24, 2.45) is 0 Å². The van der Waals surface area contributed by atoms with Crippen molar-refractivity contribution in [3.05, 3.63) is 57.2 Å². The number of anilines is 1. The average molecular weight is 353 g/mol. The third-order valence-electron chi connectivity index (χ3n) is 2.80. The molecule has 3 heteroatoms. The van der Waals surface area contributed by atoms with E-state index in [1.807, 2.05) is 18.2 Å². The van der Waals surface area contributed by atoms with Crippen LogP contribution in [0, 0.1) is 10.5 Å². The number of hydrogen-bond donors (Lipinski definition) is 1. The molecule has 2 nitrogen and oxygen atoms in total. The summed E-state index contributed by atoms with van der Waals surface area (Å²) in [6.07, 6.45) is 0. The van der Waals surface area contributed by atoms with Crippen LogP contribution in [0.2, 0.25) is 0 Å². The summed E-state index contributed by atoms with van der Waals surface area (Å²) < 4.78 is 6.49. The normalized spacial score (nSPS) is 10.2. The molecule has 0 atom stereocenters. The summed E-state index contributed by atoms with van der Waals surface area (Å²) in [4.78, 5) is 0. The summed E-state index contributed by atoms with van der Waals surface area (Å²) >= 11 is 2.36. The van der Waals surface area contributed by atoms with Crippen LogP contribution in [0.15, 0.2) is 42.5 Å². The maximum Gasteiger partial charge on any atom is 0.119 e. The minimum Gasteiger partial charge on any atom is -0.497 e. The van der Waals surface area contributed by atoms with Crippen molar-refractivity contribution in [1.82, 2.24) is 0 Å². The van der Waals surface area contributed by atoms with E-state index in [-0.39, 0.29) is 0 Å². The Kier molecular flexibility index (Phi) is 4.47. The van der Waals surface area contributed by atoms with Crippen LogP contribution >= 0.6 is 22.6 Å². The van der Waals surface area contributed by atoms with Crippen molar-refractivity contribution in [3.8, 4) is 5.75 Å². The van der Waals surface area contributed by atoms with Crippen molar-refractivity contribution in [2.45, 2.75) is 13.5 Å². The van der Waals surface area contributed by atoms with E-state index < -0.39 is 0 Å². The zero-order valence-corrected chi connectivity index (χ0v) is 12.7. The van der Waals surface area contributed by atoms with Crippen LogP contribution in [0.1, 0.15) is 11.1 Å². The molecule has 2 aromatic rings. The second-order valence-electron chi connectivity index (χ2n) is 4.17. The highest BCUT2D eigenvalue weighted by atomic mass is 127. The summed E-state index contributed by atoms with van der Waals surface area (Å²) in [5.74, 6) is 0.896. The quantitative estimate of drug-likeness (QED) is 0.831. The molecule has 0 unspecified atom stereocenters. The minimum atomic E-state index is 0.802. The molecule has 0 saturated heterocycles. The van der Waals surface area contributed by atoms with Crippen LogP contribution < -0.4 is 10.1 Å². The van der Waals surface area contributed by atoms with Gasteiger partial charge in [-0.1, -0.05) is 18.2 Å². The summed E-state index contributed by atoms with van der Waals surface area (Å²) in [6, 6.07) is 14.5. The lowest BCUT2D eigenvalue weighted by atomic mass is 10.2. The first kappa shape index (κ1) is 13.2. The summed E-state index contributed by atoms with van der Waals surface area (Å²) in [5, 5.41) is 3.42. The Balaban J connectivity index is 2.04. The Labute approximate surface area is 122 Å². The fraction of sp³-hybridized carbons (Fsp3) is 0.200. The third-order valence-corrected chi connectivity index (χ3v) is 3.96. The summed E-state index contributed by atoms with van der Waals surface area (Å²) in [6.45, 7) is 2.92. The average Bonchev–Trinajstić information content (AvgIpc) is 2.40. The lowest BCUT2D eigenvalue weighted by Gasteiger charge is -2.09. The largest absolute Gasteiger partial charge is 0.497 e. The number of rotatable bonds is 4. The highest BCUT2D eigenvalue weighted by Gasteiger charge is 1.99. The van der Waals surface area contributed by atoms with Crippen molar-refractivity contribution >= 4 is 28.3 Å². The SMILES string of the molecule is COc1cccc(CNc2ccc(C)c(I)c2)c1. The number of hydrogen-bond acceptors (Lipinski definition) is 2.